The minimum atomic E-state index is 0.617. The fraction of sp³-hybridized carbons (Fsp3) is 1.00. The molecule has 2 unspecified atom stereocenters. The van der Waals surface area contributed by atoms with Crippen molar-refractivity contribution in [2.75, 3.05) is 13.1 Å². The quantitative estimate of drug-likeness (QED) is 0.696. The molecule has 1 heterocycles. The second-order valence-corrected chi connectivity index (χ2v) is 4.60. The lowest BCUT2D eigenvalue weighted by molar-refractivity contribution is 0.297. The molecule has 0 aromatic carbocycles. The zero-order chi connectivity index (χ0) is 9.68. The summed E-state index contributed by atoms with van der Waals surface area (Å²) in [7, 11) is 0. The van der Waals surface area contributed by atoms with E-state index in [0.717, 1.165) is 18.5 Å². The first-order chi connectivity index (χ1) is 6.20. The van der Waals surface area contributed by atoms with Crippen molar-refractivity contribution in [3.63, 3.8) is 0 Å². The molecular formula is C11H24N2. The molecule has 0 aromatic rings. The molecule has 1 aliphatic rings. The molecule has 78 valence electrons. The third-order valence-electron chi connectivity index (χ3n) is 2.88. The Morgan fingerprint density at radius 2 is 2.08 bits per heavy atom. The van der Waals surface area contributed by atoms with Crippen LogP contribution in [0.4, 0.5) is 0 Å². The first-order valence-electron chi connectivity index (χ1n) is 5.67. The van der Waals surface area contributed by atoms with E-state index in [4.69, 9.17) is 0 Å². The van der Waals surface area contributed by atoms with E-state index in [1.165, 1.54) is 25.8 Å². The number of nitrogens with one attached hydrogen (secondary N) is 2. The summed E-state index contributed by atoms with van der Waals surface area (Å²) in [5.74, 6) is 0.766. The molecule has 1 fully saturated rings. The van der Waals surface area contributed by atoms with E-state index in [2.05, 4.69) is 31.4 Å². The van der Waals surface area contributed by atoms with Gasteiger partial charge in [-0.15, -0.1) is 0 Å². The van der Waals surface area contributed by atoms with Crippen LogP contribution in [-0.4, -0.2) is 25.2 Å². The van der Waals surface area contributed by atoms with Gasteiger partial charge in [0, 0.05) is 12.1 Å². The molecule has 13 heavy (non-hydrogen) atoms. The molecule has 1 aliphatic heterocycles. The Bertz CT molecular complexity index is 128. The summed E-state index contributed by atoms with van der Waals surface area (Å²) in [5.41, 5.74) is 0. The Balaban J connectivity index is 2.17. The van der Waals surface area contributed by atoms with Crippen LogP contribution in [0.5, 0.6) is 0 Å². The molecule has 1 saturated heterocycles. The molecule has 0 saturated carbocycles. The highest BCUT2D eigenvalue weighted by Gasteiger charge is 2.18. The standard InChI is InChI=1S/C11H24N2/c1-9(2)13-8-10(3)11-6-4-5-7-12-11/h9-13H,4-8H2,1-3H3. The van der Waals surface area contributed by atoms with Gasteiger partial charge in [-0.1, -0.05) is 27.2 Å². The van der Waals surface area contributed by atoms with Gasteiger partial charge < -0.3 is 10.6 Å². The SMILES string of the molecule is CC(C)NCC(C)C1CCCCN1. The molecular weight excluding hydrogens is 160 g/mol. The largest absolute Gasteiger partial charge is 0.314 e. The van der Waals surface area contributed by atoms with Crippen molar-refractivity contribution in [2.24, 2.45) is 5.92 Å². The van der Waals surface area contributed by atoms with Crippen LogP contribution in [0.3, 0.4) is 0 Å². The van der Waals surface area contributed by atoms with Crippen molar-refractivity contribution in [2.45, 2.75) is 52.1 Å². The molecule has 0 aliphatic carbocycles. The molecule has 2 N–H and O–H groups in total. The van der Waals surface area contributed by atoms with Gasteiger partial charge in [0.05, 0.1) is 0 Å². The average molecular weight is 184 g/mol. The van der Waals surface area contributed by atoms with E-state index in [1.54, 1.807) is 0 Å². The minimum Gasteiger partial charge on any atom is -0.314 e. The van der Waals surface area contributed by atoms with Crippen LogP contribution >= 0.6 is 0 Å². The first-order valence-corrected chi connectivity index (χ1v) is 5.67. The molecule has 1 rings (SSSR count). The summed E-state index contributed by atoms with van der Waals surface area (Å²) in [6.07, 6.45) is 4.13. The van der Waals surface area contributed by atoms with Crippen LogP contribution in [0.15, 0.2) is 0 Å². The van der Waals surface area contributed by atoms with E-state index in [9.17, 15) is 0 Å². The van der Waals surface area contributed by atoms with Gasteiger partial charge in [0.25, 0.3) is 0 Å². The number of rotatable bonds is 4. The van der Waals surface area contributed by atoms with Gasteiger partial charge in [0.2, 0.25) is 0 Å². The lowest BCUT2D eigenvalue weighted by Gasteiger charge is -2.29. The Morgan fingerprint density at radius 3 is 2.62 bits per heavy atom. The van der Waals surface area contributed by atoms with Crippen LogP contribution in [0.2, 0.25) is 0 Å². The van der Waals surface area contributed by atoms with Crippen LogP contribution in [0.25, 0.3) is 0 Å². The molecule has 2 heteroatoms. The van der Waals surface area contributed by atoms with Gasteiger partial charge in [-0.05, 0) is 31.8 Å². The maximum atomic E-state index is 3.60. The monoisotopic (exact) mass is 184 g/mol. The van der Waals surface area contributed by atoms with E-state index >= 15 is 0 Å². The lowest BCUT2D eigenvalue weighted by atomic mass is 9.93. The molecule has 0 amide bonds. The third kappa shape index (κ3) is 4.10. The average Bonchev–Trinajstić information content (AvgIpc) is 2.15. The normalized spacial score (nSPS) is 26.3. The Hall–Kier alpha value is -0.0800. The van der Waals surface area contributed by atoms with E-state index < -0.39 is 0 Å². The number of hydrogen-bond donors (Lipinski definition) is 2. The Kier molecular flexibility index (Phi) is 4.74. The van der Waals surface area contributed by atoms with Gasteiger partial charge in [-0.2, -0.15) is 0 Å². The van der Waals surface area contributed by atoms with Crippen LogP contribution in [0, 0.1) is 5.92 Å². The lowest BCUT2D eigenvalue weighted by Crippen LogP contribution is -2.43. The summed E-state index contributed by atoms with van der Waals surface area (Å²) in [6.45, 7) is 9.13. The smallest absolute Gasteiger partial charge is 0.0105 e. The molecule has 0 radical (unpaired) electrons. The summed E-state index contributed by atoms with van der Waals surface area (Å²) in [5, 5.41) is 7.11. The van der Waals surface area contributed by atoms with Crippen molar-refractivity contribution in [3.05, 3.63) is 0 Å². The van der Waals surface area contributed by atoms with Crippen molar-refractivity contribution in [1.82, 2.24) is 10.6 Å². The summed E-state index contributed by atoms with van der Waals surface area (Å²) >= 11 is 0. The van der Waals surface area contributed by atoms with Crippen LogP contribution in [0.1, 0.15) is 40.0 Å². The molecule has 0 spiro atoms. The fourth-order valence-electron chi connectivity index (χ4n) is 1.93. The van der Waals surface area contributed by atoms with E-state index in [1.807, 2.05) is 0 Å². The molecule has 0 bridgehead atoms. The predicted molar refractivity (Wildman–Crippen MR) is 57.9 cm³/mol. The highest BCUT2D eigenvalue weighted by Crippen LogP contribution is 2.14. The highest BCUT2D eigenvalue weighted by molar-refractivity contribution is 4.78. The van der Waals surface area contributed by atoms with Gasteiger partial charge in [-0.3, -0.25) is 0 Å². The van der Waals surface area contributed by atoms with Gasteiger partial charge in [0.1, 0.15) is 0 Å². The fourth-order valence-corrected chi connectivity index (χ4v) is 1.93. The van der Waals surface area contributed by atoms with Crippen molar-refractivity contribution >= 4 is 0 Å². The van der Waals surface area contributed by atoms with Gasteiger partial charge in [0.15, 0.2) is 0 Å². The second-order valence-electron chi connectivity index (χ2n) is 4.60. The molecule has 0 aromatic heterocycles. The zero-order valence-electron chi connectivity index (χ0n) is 9.27. The van der Waals surface area contributed by atoms with Crippen LogP contribution < -0.4 is 10.6 Å². The molecule has 2 atom stereocenters. The number of piperidine rings is 1. The number of hydrogen-bond acceptors (Lipinski definition) is 2. The van der Waals surface area contributed by atoms with E-state index in [-0.39, 0.29) is 0 Å². The maximum Gasteiger partial charge on any atom is 0.0105 e. The summed E-state index contributed by atoms with van der Waals surface area (Å²) in [6, 6.07) is 1.37. The van der Waals surface area contributed by atoms with Crippen molar-refractivity contribution < 1.29 is 0 Å². The highest BCUT2D eigenvalue weighted by atomic mass is 15.0. The summed E-state index contributed by atoms with van der Waals surface area (Å²) in [4.78, 5) is 0. The van der Waals surface area contributed by atoms with Crippen LogP contribution in [-0.2, 0) is 0 Å². The third-order valence-corrected chi connectivity index (χ3v) is 2.88. The van der Waals surface area contributed by atoms with Gasteiger partial charge >= 0.3 is 0 Å². The topological polar surface area (TPSA) is 24.1 Å². The minimum absolute atomic E-state index is 0.617. The maximum absolute atomic E-state index is 3.60. The van der Waals surface area contributed by atoms with E-state index in [0.29, 0.717) is 6.04 Å². The second kappa shape index (κ2) is 5.61. The Labute approximate surface area is 82.5 Å². The Morgan fingerprint density at radius 1 is 1.31 bits per heavy atom. The first kappa shape index (κ1) is 11.0. The summed E-state index contributed by atoms with van der Waals surface area (Å²) < 4.78 is 0. The molecule has 2 nitrogen and oxygen atoms in total. The zero-order valence-corrected chi connectivity index (χ0v) is 9.27. The van der Waals surface area contributed by atoms with Crippen molar-refractivity contribution in [3.8, 4) is 0 Å². The van der Waals surface area contributed by atoms with Crippen molar-refractivity contribution in [1.29, 1.82) is 0 Å². The predicted octanol–water partition coefficient (Wildman–Crippen LogP) is 1.76. The van der Waals surface area contributed by atoms with Gasteiger partial charge in [-0.25, -0.2) is 0 Å².